The van der Waals surface area contributed by atoms with E-state index in [4.69, 9.17) is 0 Å². The number of rotatable bonds is 5. The third-order valence-electron chi connectivity index (χ3n) is 3.36. The first-order valence-corrected chi connectivity index (χ1v) is 7.06. The van der Waals surface area contributed by atoms with E-state index in [1.807, 2.05) is 12.1 Å². The van der Waals surface area contributed by atoms with Crippen LogP contribution in [-0.2, 0) is 0 Å². The van der Waals surface area contributed by atoms with Gasteiger partial charge in [0, 0.05) is 44.5 Å². The van der Waals surface area contributed by atoms with Crippen LogP contribution in [0.4, 0.5) is 17.1 Å². The Labute approximate surface area is 131 Å². The monoisotopic (exact) mass is 313 g/mol. The van der Waals surface area contributed by atoms with Gasteiger partial charge in [-0.15, -0.1) is 0 Å². The molecule has 0 saturated carbocycles. The number of hydrogen-bond donors (Lipinski definition) is 2. The first-order chi connectivity index (χ1) is 9.58. The van der Waals surface area contributed by atoms with Gasteiger partial charge in [-0.2, -0.15) is 0 Å². The Morgan fingerprint density at radius 3 is 2.62 bits per heavy atom. The highest BCUT2D eigenvalue weighted by Crippen LogP contribution is 2.29. The number of nitrogens with zero attached hydrogens (tertiary/aromatic N) is 2. The molecule has 118 valence electrons. The zero-order valence-corrected chi connectivity index (χ0v) is 13.2. The van der Waals surface area contributed by atoms with Gasteiger partial charge in [-0.25, -0.2) is 0 Å². The molecule has 0 aliphatic carbocycles. The molecule has 0 unspecified atom stereocenters. The van der Waals surface area contributed by atoms with Crippen LogP contribution in [0, 0.1) is 16.0 Å². The highest BCUT2D eigenvalue weighted by molar-refractivity contribution is 5.69. The molecule has 1 aliphatic heterocycles. The molecule has 6 nitrogen and oxygen atoms in total. The molecule has 1 aromatic rings. The minimum Gasteiger partial charge on any atom is -1.00 e. The van der Waals surface area contributed by atoms with Gasteiger partial charge >= 0.3 is 0 Å². The maximum atomic E-state index is 11.1. The van der Waals surface area contributed by atoms with Crippen LogP contribution in [0.1, 0.15) is 13.8 Å². The number of piperazine rings is 1. The van der Waals surface area contributed by atoms with Crippen molar-refractivity contribution in [3.8, 4) is 0 Å². The second kappa shape index (κ2) is 8.05. The van der Waals surface area contributed by atoms with Crippen LogP contribution in [0.3, 0.4) is 0 Å². The van der Waals surface area contributed by atoms with E-state index in [0.29, 0.717) is 11.6 Å². The fourth-order valence-corrected chi connectivity index (χ4v) is 2.26. The number of nitro groups is 1. The Balaban J connectivity index is 0.00000220. The molecular weight excluding hydrogens is 292 g/mol. The third-order valence-corrected chi connectivity index (χ3v) is 3.36. The van der Waals surface area contributed by atoms with Gasteiger partial charge in [0.05, 0.1) is 4.92 Å². The standard InChI is InChI=1S/C14H22N4O2.ClH/c1-11(2)10-16-13-9-12(3-4-14(13)18(19)20)17-7-5-15-6-8-17;/h3-4,9,11,15-16H,5-8,10H2,1-2H3;1H/p-1. The van der Waals surface area contributed by atoms with Crippen molar-refractivity contribution in [1.29, 1.82) is 0 Å². The molecule has 2 N–H and O–H groups in total. The van der Waals surface area contributed by atoms with Crippen molar-refractivity contribution in [3.63, 3.8) is 0 Å². The summed E-state index contributed by atoms with van der Waals surface area (Å²) in [6, 6.07) is 5.33. The zero-order valence-electron chi connectivity index (χ0n) is 12.4. The van der Waals surface area contributed by atoms with E-state index in [9.17, 15) is 10.1 Å². The van der Waals surface area contributed by atoms with Crippen LogP contribution >= 0.6 is 0 Å². The molecule has 0 spiro atoms. The van der Waals surface area contributed by atoms with Crippen molar-refractivity contribution in [1.82, 2.24) is 5.32 Å². The largest absolute Gasteiger partial charge is 1.00 e. The summed E-state index contributed by atoms with van der Waals surface area (Å²) in [7, 11) is 0. The van der Waals surface area contributed by atoms with E-state index in [-0.39, 0.29) is 23.0 Å². The number of nitrogens with one attached hydrogen (secondary N) is 2. The van der Waals surface area contributed by atoms with Gasteiger partial charge in [0.25, 0.3) is 5.69 Å². The van der Waals surface area contributed by atoms with Crippen molar-refractivity contribution >= 4 is 17.1 Å². The molecule has 1 fully saturated rings. The fourth-order valence-electron chi connectivity index (χ4n) is 2.26. The molecule has 21 heavy (non-hydrogen) atoms. The first kappa shape index (κ1) is 17.5. The molecule has 7 heteroatoms. The topological polar surface area (TPSA) is 70.4 Å². The highest BCUT2D eigenvalue weighted by Gasteiger charge is 2.17. The average Bonchev–Trinajstić information content (AvgIpc) is 2.45. The van der Waals surface area contributed by atoms with Crippen LogP contribution < -0.4 is 27.9 Å². The molecule has 2 rings (SSSR count). The van der Waals surface area contributed by atoms with E-state index in [0.717, 1.165) is 38.4 Å². The van der Waals surface area contributed by atoms with Crippen LogP contribution in [-0.4, -0.2) is 37.6 Å². The molecule has 0 amide bonds. The lowest BCUT2D eigenvalue weighted by atomic mass is 10.2. The van der Waals surface area contributed by atoms with E-state index in [2.05, 4.69) is 29.4 Å². The minimum atomic E-state index is -0.329. The van der Waals surface area contributed by atoms with Gasteiger partial charge in [-0.1, -0.05) is 13.8 Å². The number of benzene rings is 1. The maximum Gasteiger partial charge on any atom is 0.292 e. The number of hydrogen-bond acceptors (Lipinski definition) is 5. The number of nitro benzene ring substituents is 1. The maximum absolute atomic E-state index is 11.1. The molecule has 1 aromatic carbocycles. The summed E-state index contributed by atoms with van der Waals surface area (Å²) < 4.78 is 0. The highest BCUT2D eigenvalue weighted by atomic mass is 35.5. The minimum absolute atomic E-state index is 0. The SMILES string of the molecule is CC(C)CNc1cc(N2CCNCC2)ccc1[N+](=O)[O-].[Cl-]. The summed E-state index contributed by atoms with van der Waals surface area (Å²) in [6.45, 7) is 8.66. The second-order valence-electron chi connectivity index (χ2n) is 5.47. The summed E-state index contributed by atoms with van der Waals surface area (Å²) in [4.78, 5) is 13.0. The van der Waals surface area contributed by atoms with Crippen molar-refractivity contribution in [3.05, 3.63) is 28.3 Å². The number of anilines is 2. The summed E-state index contributed by atoms with van der Waals surface area (Å²) in [5.41, 5.74) is 1.80. The van der Waals surface area contributed by atoms with Gasteiger partial charge in [0.15, 0.2) is 0 Å². The van der Waals surface area contributed by atoms with Crippen molar-refractivity contribution < 1.29 is 17.3 Å². The summed E-state index contributed by atoms with van der Waals surface area (Å²) in [6.07, 6.45) is 0. The van der Waals surface area contributed by atoms with Gasteiger partial charge in [-0.05, 0) is 18.1 Å². The molecular formula is C14H22ClN4O2-. The average molecular weight is 314 g/mol. The van der Waals surface area contributed by atoms with Gasteiger partial charge in [-0.3, -0.25) is 10.1 Å². The predicted octanol–water partition coefficient (Wildman–Crippen LogP) is -0.924. The smallest absolute Gasteiger partial charge is 0.292 e. The Morgan fingerprint density at radius 2 is 2.05 bits per heavy atom. The lowest BCUT2D eigenvalue weighted by molar-refractivity contribution is -0.383. The first-order valence-electron chi connectivity index (χ1n) is 7.06. The van der Waals surface area contributed by atoms with E-state index < -0.39 is 0 Å². The normalized spacial score (nSPS) is 14.7. The lowest BCUT2D eigenvalue weighted by Crippen LogP contribution is -3.00. The van der Waals surface area contributed by atoms with E-state index in [1.165, 1.54) is 0 Å². The van der Waals surface area contributed by atoms with Crippen molar-refractivity contribution in [2.24, 2.45) is 5.92 Å². The molecule has 0 aromatic heterocycles. The Bertz CT molecular complexity index is 476. The Hall–Kier alpha value is -1.53. The molecule has 1 aliphatic rings. The molecule has 0 radical (unpaired) electrons. The third kappa shape index (κ3) is 4.75. The fraction of sp³-hybridized carbons (Fsp3) is 0.571. The Morgan fingerprint density at radius 1 is 1.38 bits per heavy atom. The van der Waals surface area contributed by atoms with Crippen LogP contribution in [0.5, 0.6) is 0 Å². The molecule has 1 saturated heterocycles. The van der Waals surface area contributed by atoms with E-state index in [1.54, 1.807) is 6.07 Å². The predicted molar refractivity (Wildman–Crippen MR) is 81.5 cm³/mol. The zero-order chi connectivity index (χ0) is 14.5. The van der Waals surface area contributed by atoms with E-state index >= 15 is 0 Å². The lowest BCUT2D eigenvalue weighted by Gasteiger charge is -2.29. The Kier molecular flexibility index (Phi) is 6.71. The van der Waals surface area contributed by atoms with Gasteiger partial charge in [0.1, 0.15) is 5.69 Å². The van der Waals surface area contributed by atoms with Crippen LogP contribution in [0.25, 0.3) is 0 Å². The second-order valence-corrected chi connectivity index (χ2v) is 5.47. The summed E-state index contributed by atoms with van der Waals surface area (Å²) >= 11 is 0. The summed E-state index contributed by atoms with van der Waals surface area (Å²) in [5.74, 6) is 0.442. The molecule has 0 bridgehead atoms. The van der Waals surface area contributed by atoms with Gasteiger partial charge in [0.2, 0.25) is 0 Å². The van der Waals surface area contributed by atoms with Crippen molar-refractivity contribution in [2.75, 3.05) is 42.9 Å². The molecule has 1 heterocycles. The summed E-state index contributed by atoms with van der Waals surface area (Å²) in [5, 5.41) is 17.6. The van der Waals surface area contributed by atoms with Crippen LogP contribution in [0.2, 0.25) is 0 Å². The number of halogens is 1. The van der Waals surface area contributed by atoms with Crippen molar-refractivity contribution in [2.45, 2.75) is 13.8 Å². The van der Waals surface area contributed by atoms with Crippen LogP contribution in [0.15, 0.2) is 18.2 Å². The quantitative estimate of drug-likeness (QED) is 0.543. The van der Waals surface area contributed by atoms with Gasteiger partial charge < -0.3 is 27.9 Å². The molecule has 0 atom stereocenters.